The first-order valence-electron chi connectivity index (χ1n) is 19.8. The molecular formula is C49H63N3+2. The Morgan fingerprint density at radius 3 is 1.48 bits per heavy atom. The Labute approximate surface area is 315 Å². The van der Waals surface area contributed by atoms with Crippen molar-refractivity contribution in [3.63, 3.8) is 0 Å². The van der Waals surface area contributed by atoms with Crippen LogP contribution in [0.2, 0.25) is 0 Å². The third-order valence-corrected chi connectivity index (χ3v) is 14.2. The van der Waals surface area contributed by atoms with Gasteiger partial charge in [0, 0.05) is 59.3 Å². The second-order valence-electron chi connectivity index (χ2n) is 16.4. The smallest absolute Gasteiger partial charge is 0.209 e. The lowest BCUT2D eigenvalue weighted by Gasteiger charge is -2.34. The predicted octanol–water partition coefficient (Wildman–Crippen LogP) is 11.8. The van der Waals surface area contributed by atoms with Gasteiger partial charge in [0.1, 0.15) is 14.1 Å². The second-order valence-corrected chi connectivity index (χ2v) is 16.4. The van der Waals surface area contributed by atoms with Crippen LogP contribution >= 0.6 is 0 Å². The standard InChI is InChI=1S/C49H63N3/c1-13-34(4)47(7)38-22-16-19-25-41(38)50(10)44(47)31-28-37(29-32-45-48(8,35(5)14-2)39-23-17-20-26-42(39)51(45)11)30-33-46-49(9,36(6)15-3)40-24-18-21-27-43(40)52(46)12/h16-36H,13-15H2,1-12H3/q+2/t34-,35-,36-,47+,48+,49+/m0/s1. The third kappa shape index (κ3) is 5.62. The van der Waals surface area contributed by atoms with E-state index in [2.05, 4.69) is 207 Å². The van der Waals surface area contributed by atoms with E-state index >= 15 is 0 Å². The van der Waals surface area contributed by atoms with Gasteiger partial charge in [0.05, 0.1) is 10.8 Å². The Morgan fingerprint density at radius 2 is 1.02 bits per heavy atom. The van der Waals surface area contributed by atoms with E-state index in [1.54, 1.807) is 0 Å². The molecule has 0 radical (unpaired) electrons. The molecule has 272 valence electrons. The zero-order valence-corrected chi connectivity index (χ0v) is 34.1. The lowest BCUT2D eigenvalue weighted by atomic mass is 9.69. The van der Waals surface area contributed by atoms with Crippen LogP contribution in [0.4, 0.5) is 17.1 Å². The monoisotopic (exact) mass is 694 g/mol. The van der Waals surface area contributed by atoms with Crippen molar-refractivity contribution in [1.29, 1.82) is 0 Å². The van der Waals surface area contributed by atoms with Crippen molar-refractivity contribution in [2.75, 3.05) is 26.0 Å². The molecule has 3 aromatic carbocycles. The van der Waals surface area contributed by atoms with Crippen molar-refractivity contribution in [3.8, 4) is 0 Å². The number of rotatable bonds is 11. The normalized spacial score (nSPS) is 26.4. The summed E-state index contributed by atoms with van der Waals surface area (Å²) in [6.45, 7) is 21.6. The largest absolute Gasteiger partial charge is 0.347 e. The van der Waals surface area contributed by atoms with Gasteiger partial charge in [-0.15, -0.1) is 0 Å². The number of benzene rings is 3. The molecule has 6 rings (SSSR count). The molecule has 0 bridgehead atoms. The summed E-state index contributed by atoms with van der Waals surface area (Å²) in [5.74, 6) is 1.47. The summed E-state index contributed by atoms with van der Waals surface area (Å²) in [5, 5.41) is 0. The predicted molar refractivity (Wildman–Crippen MR) is 224 cm³/mol. The lowest BCUT2D eigenvalue weighted by molar-refractivity contribution is -0.401. The van der Waals surface area contributed by atoms with Crippen LogP contribution in [0.5, 0.6) is 0 Å². The van der Waals surface area contributed by atoms with Crippen LogP contribution in [0.1, 0.15) is 98.3 Å². The third-order valence-electron chi connectivity index (χ3n) is 14.2. The average Bonchev–Trinajstić information content (AvgIpc) is 3.64. The molecule has 0 saturated heterocycles. The number of likely N-dealkylation sites (N-methyl/N-ethyl adjacent to an activating group) is 1. The van der Waals surface area contributed by atoms with Gasteiger partial charge in [-0.3, -0.25) is 0 Å². The Morgan fingerprint density at radius 1 is 0.615 bits per heavy atom. The van der Waals surface area contributed by atoms with Crippen molar-refractivity contribution in [2.24, 2.45) is 17.8 Å². The summed E-state index contributed by atoms with van der Waals surface area (Å²) < 4.78 is 4.85. The quantitative estimate of drug-likeness (QED) is 0.143. The number of hydrogen-bond acceptors (Lipinski definition) is 1. The molecule has 3 aliphatic rings. The fraction of sp³-hybridized carbons (Fsp3) is 0.429. The lowest BCUT2D eigenvalue weighted by Crippen LogP contribution is -2.37. The molecule has 0 fully saturated rings. The Balaban J connectivity index is 1.52. The minimum Gasteiger partial charge on any atom is -0.347 e. The first-order valence-corrected chi connectivity index (χ1v) is 19.8. The molecule has 3 aromatic rings. The van der Waals surface area contributed by atoms with E-state index in [9.17, 15) is 0 Å². The van der Waals surface area contributed by atoms with Crippen molar-refractivity contribution < 1.29 is 9.15 Å². The fourth-order valence-corrected chi connectivity index (χ4v) is 9.79. The molecule has 3 aliphatic heterocycles. The summed E-state index contributed by atoms with van der Waals surface area (Å²) >= 11 is 0. The van der Waals surface area contributed by atoms with Crippen LogP contribution in [-0.2, 0) is 16.2 Å². The van der Waals surface area contributed by atoms with Gasteiger partial charge in [-0.25, -0.2) is 0 Å². The molecule has 3 heterocycles. The zero-order chi connectivity index (χ0) is 37.6. The van der Waals surface area contributed by atoms with E-state index in [1.807, 2.05) is 0 Å². The van der Waals surface area contributed by atoms with Crippen LogP contribution in [0.25, 0.3) is 0 Å². The van der Waals surface area contributed by atoms with Gasteiger partial charge in [0.2, 0.25) is 11.4 Å². The van der Waals surface area contributed by atoms with Crippen LogP contribution in [0.3, 0.4) is 0 Å². The number of fused-ring (bicyclic) bond motifs is 3. The van der Waals surface area contributed by atoms with E-state index in [0.717, 1.165) is 19.3 Å². The number of para-hydroxylation sites is 3. The van der Waals surface area contributed by atoms with Crippen molar-refractivity contribution >= 4 is 28.5 Å². The molecule has 0 unspecified atom stereocenters. The van der Waals surface area contributed by atoms with Gasteiger partial charge in [0.15, 0.2) is 11.4 Å². The van der Waals surface area contributed by atoms with Gasteiger partial charge < -0.3 is 4.90 Å². The van der Waals surface area contributed by atoms with Gasteiger partial charge in [-0.1, -0.05) is 121 Å². The van der Waals surface area contributed by atoms with Crippen LogP contribution in [-0.4, -0.2) is 41.7 Å². The molecule has 0 aliphatic carbocycles. The first-order chi connectivity index (χ1) is 24.8. The number of nitrogens with zero attached hydrogens (tertiary/aromatic N) is 3. The SMILES string of the molecule is CC[C@H](C)[C@@]1(C)C(/C=C/C(=C/C=C2\N(C)c3ccccc3[C@@]2(C)[C@@H](C)CC)/C=C/C2=[N+](C)c3ccccc3[C@@]2(C)[C@@H](C)CC)=[N+](C)c2ccccc21. The molecule has 52 heavy (non-hydrogen) atoms. The van der Waals surface area contributed by atoms with Crippen molar-refractivity contribution in [2.45, 2.75) is 97.8 Å². The number of hydrogen-bond donors (Lipinski definition) is 0. The molecular weight excluding hydrogens is 631 g/mol. The maximum atomic E-state index is 2.45. The summed E-state index contributed by atoms with van der Waals surface area (Å²) in [6.07, 6.45) is 17.7. The van der Waals surface area contributed by atoms with E-state index < -0.39 is 0 Å². The van der Waals surface area contributed by atoms with Crippen LogP contribution < -0.4 is 4.90 Å². The van der Waals surface area contributed by atoms with Gasteiger partial charge >= 0.3 is 0 Å². The summed E-state index contributed by atoms with van der Waals surface area (Å²) in [7, 11) is 6.73. The molecule has 3 nitrogen and oxygen atoms in total. The summed E-state index contributed by atoms with van der Waals surface area (Å²) in [5.41, 5.74) is 13.2. The van der Waals surface area contributed by atoms with Crippen LogP contribution in [0.15, 0.2) is 121 Å². The Hall–Kier alpha value is -4.24. The minimum absolute atomic E-state index is 0.0798. The molecule has 3 heteroatoms. The molecule has 0 aromatic heterocycles. The molecule has 6 atom stereocenters. The van der Waals surface area contributed by atoms with Crippen molar-refractivity contribution in [3.05, 3.63) is 137 Å². The van der Waals surface area contributed by atoms with Gasteiger partial charge in [0.25, 0.3) is 0 Å². The highest BCUT2D eigenvalue weighted by molar-refractivity contribution is 6.05. The Kier molecular flexibility index (Phi) is 10.3. The molecule has 0 saturated carbocycles. The maximum Gasteiger partial charge on any atom is 0.209 e. The van der Waals surface area contributed by atoms with E-state index in [4.69, 9.17) is 0 Å². The van der Waals surface area contributed by atoms with Gasteiger partial charge in [-0.2, -0.15) is 9.15 Å². The average molecular weight is 694 g/mol. The second kappa shape index (κ2) is 14.3. The highest BCUT2D eigenvalue weighted by Crippen LogP contribution is 2.52. The fourth-order valence-electron chi connectivity index (χ4n) is 9.79. The van der Waals surface area contributed by atoms with Gasteiger partial charge in [-0.05, 0) is 74.0 Å². The first kappa shape index (κ1) is 37.5. The van der Waals surface area contributed by atoms with E-state index in [-0.39, 0.29) is 16.2 Å². The minimum atomic E-state index is -0.0798. The summed E-state index contributed by atoms with van der Waals surface area (Å²) in [6, 6.07) is 27.0. The topological polar surface area (TPSA) is 9.26 Å². The number of allylic oxidation sites excluding steroid dienone is 8. The summed E-state index contributed by atoms with van der Waals surface area (Å²) in [4.78, 5) is 2.43. The Bertz CT molecular complexity index is 1940. The highest BCUT2D eigenvalue weighted by atomic mass is 15.2. The zero-order valence-electron chi connectivity index (χ0n) is 34.1. The molecule has 0 N–H and O–H groups in total. The molecule has 0 amide bonds. The van der Waals surface area contributed by atoms with Crippen molar-refractivity contribution in [1.82, 2.24) is 0 Å². The maximum absolute atomic E-state index is 2.45. The van der Waals surface area contributed by atoms with Crippen LogP contribution in [0, 0.1) is 17.8 Å². The highest BCUT2D eigenvalue weighted by Gasteiger charge is 2.51. The van der Waals surface area contributed by atoms with E-state index in [1.165, 1.54) is 56.4 Å². The molecule has 0 spiro atoms. The van der Waals surface area contributed by atoms with E-state index in [0.29, 0.717) is 17.8 Å². The number of anilines is 1.